The molecule has 0 atom stereocenters. The van der Waals surface area contributed by atoms with Gasteiger partial charge in [0.05, 0.1) is 6.61 Å². The molecule has 6 nitrogen and oxygen atoms in total. The van der Waals surface area contributed by atoms with Gasteiger partial charge < -0.3 is 15.0 Å². The first-order chi connectivity index (χ1) is 7.51. The lowest BCUT2D eigenvalue weighted by Gasteiger charge is -2.01. The zero-order chi connectivity index (χ0) is 12.0. The van der Waals surface area contributed by atoms with Crippen LogP contribution in [0.2, 0.25) is 0 Å². The van der Waals surface area contributed by atoms with Crippen LogP contribution in [0.4, 0.5) is 0 Å². The van der Waals surface area contributed by atoms with Crippen LogP contribution in [-0.4, -0.2) is 44.9 Å². The quantitative estimate of drug-likeness (QED) is 0.646. The average Bonchev–Trinajstić information content (AvgIpc) is 2.58. The van der Waals surface area contributed by atoms with Crippen LogP contribution >= 0.6 is 0 Å². The first-order valence-corrected chi connectivity index (χ1v) is 6.97. The van der Waals surface area contributed by atoms with E-state index in [0.717, 1.165) is 12.2 Å². The van der Waals surface area contributed by atoms with Crippen LogP contribution in [0.5, 0.6) is 0 Å². The van der Waals surface area contributed by atoms with E-state index >= 15 is 0 Å². The SMILES string of the molecule is COCCNCc1cnc(CS(C)(=O)=O)[nH]1. The van der Waals surface area contributed by atoms with Crippen molar-refractivity contribution in [1.29, 1.82) is 0 Å². The normalized spacial score (nSPS) is 11.9. The summed E-state index contributed by atoms with van der Waals surface area (Å²) in [5.41, 5.74) is 0.870. The number of hydrogen-bond donors (Lipinski definition) is 2. The molecule has 1 aromatic rings. The van der Waals surface area contributed by atoms with Crippen LogP contribution in [0.25, 0.3) is 0 Å². The van der Waals surface area contributed by atoms with E-state index in [2.05, 4.69) is 15.3 Å². The van der Waals surface area contributed by atoms with Crippen LogP contribution in [-0.2, 0) is 26.9 Å². The molecule has 1 rings (SSSR count). The number of rotatable bonds is 7. The summed E-state index contributed by atoms with van der Waals surface area (Å²) in [6, 6.07) is 0. The Morgan fingerprint density at radius 2 is 2.31 bits per heavy atom. The average molecular weight is 247 g/mol. The molecular formula is C9H17N3O3S. The Kier molecular flexibility index (Phi) is 4.91. The molecule has 92 valence electrons. The van der Waals surface area contributed by atoms with Crippen molar-refractivity contribution in [2.45, 2.75) is 12.3 Å². The van der Waals surface area contributed by atoms with Crippen molar-refractivity contribution in [2.75, 3.05) is 26.5 Å². The zero-order valence-corrected chi connectivity index (χ0v) is 10.3. The Bertz CT molecular complexity index is 413. The number of H-pyrrole nitrogens is 1. The second-order valence-electron chi connectivity index (χ2n) is 3.59. The largest absolute Gasteiger partial charge is 0.383 e. The lowest BCUT2D eigenvalue weighted by Crippen LogP contribution is -2.18. The summed E-state index contributed by atoms with van der Waals surface area (Å²) in [5.74, 6) is 0.427. The molecule has 0 radical (unpaired) electrons. The number of methoxy groups -OCH3 is 1. The van der Waals surface area contributed by atoms with Crippen molar-refractivity contribution in [1.82, 2.24) is 15.3 Å². The molecule has 7 heteroatoms. The lowest BCUT2D eigenvalue weighted by atomic mass is 10.4. The second kappa shape index (κ2) is 5.97. The minimum Gasteiger partial charge on any atom is -0.383 e. The number of nitrogens with zero attached hydrogens (tertiary/aromatic N) is 1. The molecule has 0 spiro atoms. The Labute approximate surface area is 95.3 Å². The standard InChI is InChI=1S/C9H17N3O3S/c1-15-4-3-10-5-8-6-11-9(12-8)7-16(2,13)14/h6,10H,3-5,7H2,1-2H3,(H,11,12). The van der Waals surface area contributed by atoms with Gasteiger partial charge in [-0.2, -0.15) is 0 Å². The Morgan fingerprint density at radius 3 is 2.94 bits per heavy atom. The topological polar surface area (TPSA) is 84.1 Å². The van der Waals surface area contributed by atoms with Crippen molar-refractivity contribution in [3.63, 3.8) is 0 Å². The van der Waals surface area contributed by atoms with Crippen LogP contribution in [0, 0.1) is 0 Å². The molecular weight excluding hydrogens is 230 g/mol. The van der Waals surface area contributed by atoms with Crippen molar-refractivity contribution >= 4 is 9.84 Å². The van der Waals surface area contributed by atoms with E-state index in [0.29, 0.717) is 19.0 Å². The lowest BCUT2D eigenvalue weighted by molar-refractivity contribution is 0.199. The number of nitrogens with one attached hydrogen (secondary N) is 2. The number of hydrogen-bond acceptors (Lipinski definition) is 5. The van der Waals surface area contributed by atoms with Gasteiger partial charge in [0.15, 0.2) is 9.84 Å². The monoisotopic (exact) mass is 247 g/mol. The van der Waals surface area contributed by atoms with Gasteiger partial charge in [0.2, 0.25) is 0 Å². The molecule has 0 saturated heterocycles. The summed E-state index contributed by atoms with van der Waals surface area (Å²) in [5, 5.41) is 3.13. The maximum absolute atomic E-state index is 11.0. The molecule has 0 bridgehead atoms. The van der Waals surface area contributed by atoms with E-state index in [9.17, 15) is 8.42 Å². The van der Waals surface area contributed by atoms with E-state index < -0.39 is 9.84 Å². The van der Waals surface area contributed by atoms with Crippen molar-refractivity contribution in [3.05, 3.63) is 17.7 Å². The fourth-order valence-electron chi connectivity index (χ4n) is 1.21. The molecule has 1 heterocycles. The summed E-state index contributed by atoms with van der Waals surface area (Å²) in [7, 11) is -1.39. The molecule has 0 aliphatic heterocycles. The first-order valence-electron chi connectivity index (χ1n) is 4.91. The second-order valence-corrected chi connectivity index (χ2v) is 5.73. The fourth-order valence-corrected chi connectivity index (χ4v) is 1.86. The molecule has 0 saturated carbocycles. The molecule has 0 aliphatic rings. The highest BCUT2D eigenvalue weighted by atomic mass is 32.2. The molecule has 1 aromatic heterocycles. The maximum Gasteiger partial charge on any atom is 0.154 e. The minimum atomic E-state index is -3.03. The number of aromatic nitrogens is 2. The molecule has 0 amide bonds. The van der Waals surface area contributed by atoms with Gasteiger partial charge >= 0.3 is 0 Å². The van der Waals surface area contributed by atoms with Gasteiger partial charge in [0, 0.05) is 38.3 Å². The molecule has 0 aromatic carbocycles. The third-order valence-electron chi connectivity index (χ3n) is 1.88. The summed E-state index contributed by atoms with van der Waals surface area (Å²) < 4.78 is 26.9. The third-order valence-corrected chi connectivity index (χ3v) is 2.68. The van der Waals surface area contributed by atoms with E-state index in [1.165, 1.54) is 6.26 Å². The number of imidazole rings is 1. The van der Waals surface area contributed by atoms with E-state index in [-0.39, 0.29) is 5.75 Å². The van der Waals surface area contributed by atoms with Crippen LogP contribution in [0.3, 0.4) is 0 Å². The number of ether oxygens (including phenoxy) is 1. The fraction of sp³-hybridized carbons (Fsp3) is 0.667. The van der Waals surface area contributed by atoms with Crippen molar-refractivity contribution in [3.8, 4) is 0 Å². The highest BCUT2D eigenvalue weighted by molar-refractivity contribution is 7.89. The molecule has 0 unspecified atom stereocenters. The van der Waals surface area contributed by atoms with Gasteiger partial charge in [0.25, 0.3) is 0 Å². The van der Waals surface area contributed by atoms with Crippen molar-refractivity contribution < 1.29 is 13.2 Å². The highest BCUT2D eigenvalue weighted by Gasteiger charge is 2.07. The third kappa shape index (κ3) is 5.24. The molecule has 0 fully saturated rings. The van der Waals surface area contributed by atoms with Gasteiger partial charge in [-0.15, -0.1) is 0 Å². The smallest absolute Gasteiger partial charge is 0.154 e. The first kappa shape index (κ1) is 13.1. The van der Waals surface area contributed by atoms with Crippen LogP contribution in [0.1, 0.15) is 11.5 Å². The summed E-state index contributed by atoms with van der Waals surface area (Å²) in [6.45, 7) is 2.02. The van der Waals surface area contributed by atoms with Gasteiger partial charge in [-0.25, -0.2) is 13.4 Å². The van der Waals surface area contributed by atoms with Gasteiger partial charge in [-0.1, -0.05) is 0 Å². The molecule has 16 heavy (non-hydrogen) atoms. The minimum absolute atomic E-state index is 0.0505. The highest BCUT2D eigenvalue weighted by Crippen LogP contribution is 2.01. The van der Waals surface area contributed by atoms with Crippen LogP contribution in [0.15, 0.2) is 6.20 Å². The van der Waals surface area contributed by atoms with Gasteiger partial charge in [0.1, 0.15) is 11.6 Å². The molecule has 2 N–H and O–H groups in total. The summed E-state index contributed by atoms with van der Waals surface area (Å²) >= 11 is 0. The van der Waals surface area contributed by atoms with Crippen LogP contribution < -0.4 is 5.32 Å². The predicted octanol–water partition coefficient (Wildman–Crippen LogP) is -0.310. The number of aromatic amines is 1. The van der Waals surface area contributed by atoms with Crippen molar-refractivity contribution in [2.24, 2.45) is 0 Å². The van der Waals surface area contributed by atoms with Gasteiger partial charge in [-0.05, 0) is 0 Å². The van der Waals surface area contributed by atoms with E-state index in [1.807, 2.05) is 0 Å². The van der Waals surface area contributed by atoms with E-state index in [4.69, 9.17) is 4.74 Å². The van der Waals surface area contributed by atoms with Gasteiger partial charge in [-0.3, -0.25) is 0 Å². The maximum atomic E-state index is 11.0. The number of sulfone groups is 1. The summed E-state index contributed by atoms with van der Waals surface area (Å²) in [6.07, 6.45) is 2.83. The summed E-state index contributed by atoms with van der Waals surface area (Å²) in [4.78, 5) is 6.95. The predicted molar refractivity (Wildman–Crippen MR) is 60.7 cm³/mol. The zero-order valence-electron chi connectivity index (χ0n) is 9.49. The Morgan fingerprint density at radius 1 is 1.56 bits per heavy atom. The Hall–Kier alpha value is -0.920. The Balaban J connectivity index is 2.40. The molecule has 0 aliphatic carbocycles. The van der Waals surface area contributed by atoms with E-state index in [1.54, 1.807) is 13.3 Å².